The van der Waals surface area contributed by atoms with Crippen molar-refractivity contribution in [2.45, 2.75) is 19.8 Å². The molecule has 2 N–H and O–H groups in total. The van der Waals surface area contributed by atoms with Crippen LogP contribution in [0, 0.1) is 5.82 Å². The van der Waals surface area contributed by atoms with Crippen molar-refractivity contribution in [1.29, 1.82) is 0 Å². The number of pyridine rings is 1. The average Bonchev–Trinajstić information content (AvgIpc) is 2.49. The summed E-state index contributed by atoms with van der Waals surface area (Å²) in [7, 11) is 1.64. The number of nitrogens with zero attached hydrogens (tertiary/aromatic N) is 1. The van der Waals surface area contributed by atoms with Crippen molar-refractivity contribution in [1.82, 2.24) is 4.98 Å². The molecular formula is C16H18FN3O. The Morgan fingerprint density at radius 1 is 1.29 bits per heavy atom. The molecule has 4 nitrogen and oxygen atoms in total. The fraction of sp³-hybridized carbons (Fsp3) is 0.250. The van der Waals surface area contributed by atoms with Crippen LogP contribution in [0.2, 0.25) is 0 Å². The van der Waals surface area contributed by atoms with E-state index in [-0.39, 0.29) is 5.56 Å². The Labute approximate surface area is 123 Å². The molecule has 0 spiro atoms. The molecule has 5 heteroatoms. The Hall–Kier alpha value is -2.43. The molecule has 0 atom stereocenters. The summed E-state index contributed by atoms with van der Waals surface area (Å²) >= 11 is 0. The molecule has 1 aromatic carbocycles. The van der Waals surface area contributed by atoms with Crippen LogP contribution < -0.4 is 10.6 Å². The highest BCUT2D eigenvalue weighted by atomic mass is 19.1. The summed E-state index contributed by atoms with van der Waals surface area (Å²) in [5.74, 6) is -0.594. The lowest BCUT2D eigenvalue weighted by atomic mass is 10.1. The van der Waals surface area contributed by atoms with E-state index in [0.717, 1.165) is 19.0 Å². The summed E-state index contributed by atoms with van der Waals surface area (Å²) in [6, 6.07) is 8.80. The molecule has 0 aliphatic rings. The van der Waals surface area contributed by atoms with Crippen LogP contribution in [0.15, 0.2) is 36.5 Å². The topological polar surface area (TPSA) is 54.0 Å². The highest BCUT2D eigenvalue weighted by molar-refractivity contribution is 6.07. The number of amides is 1. The number of halogens is 1. The van der Waals surface area contributed by atoms with Gasteiger partial charge >= 0.3 is 0 Å². The van der Waals surface area contributed by atoms with E-state index < -0.39 is 11.7 Å². The maximum atomic E-state index is 13.3. The molecule has 0 aliphatic carbocycles. The van der Waals surface area contributed by atoms with Crippen LogP contribution in [-0.2, 0) is 6.42 Å². The Morgan fingerprint density at radius 2 is 2.00 bits per heavy atom. The maximum Gasteiger partial charge on any atom is 0.259 e. The number of hydrogen-bond acceptors (Lipinski definition) is 3. The van der Waals surface area contributed by atoms with E-state index in [0.29, 0.717) is 11.5 Å². The van der Waals surface area contributed by atoms with Crippen LogP contribution in [-0.4, -0.2) is 17.9 Å². The predicted molar refractivity (Wildman–Crippen MR) is 82.1 cm³/mol. The zero-order valence-corrected chi connectivity index (χ0v) is 12.1. The fourth-order valence-electron chi connectivity index (χ4n) is 2.05. The second kappa shape index (κ2) is 6.83. The third kappa shape index (κ3) is 3.78. The van der Waals surface area contributed by atoms with E-state index in [1.54, 1.807) is 7.05 Å². The molecule has 2 aromatic rings. The number of nitrogens with one attached hydrogen (secondary N) is 2. The summed E-state index contributed by atoms with van der Waals surface area (Å²) < 4.78 is 13.3. The van der Waals surface area contributed by atoms with Crippen molar-refractivity contribution in [2.75, 3.05) is 17.7 Å². The molecule has 0 radical (unpaired) electrons. The van der Waals surface area contributed by atoms with Crippen molar-refractivity contribution in [3.63, 3.8) is 0 Å². The van der Waals surface area contributed by atoms with E-state index in [2.05, 4.69) is 22.5 Å². The molecule has 0 saturated carbocycles. The molecule has 1 amide bonds. The summed E-state index contributed by atoms with van der Waals surface area (Å²) in [6.45, 7) is 2.12. The molecule has 110 valence electrons. The Balaban J connectivity index is 2.15. The van der Waals surface area contributed by atoms with Crippen LogP contribution in [0.1, 0.15) is 29.3 Å². The smallest absolute Gasteiger partial charge is 0.259 e. The van der Waals surface area contributed by atoms with Gasteiger partial charge < -0.3 is 10.6 Å². The van der Waals surface area contributed by atoms with Gasteiger partial charge in [-0.05, 0) is 30.2 Å². The highest BCUT2D eigenvalue weighted by Gasteiger charge is 2.13. The number of aromatic nitrogens is 1. The normalized spacial score (nSPS) is 10.2. The maximum absolute atomic E-state index is 13.3. The predicted octanol–water partition coefficient (Wildman–Crippen LogP) is 3.47. The van der Waals surface area contributed by atoms with Crippen molar-refractivity contribution in [3.05, 3.63) is 53.5 Å². The number of anilines is 2. The molecule has 1 heterocycles. The largest absolute Gasteiger partial charge is 0.372 e. The van der Waals surface area contributed by atoms with E-state index >= 15 is 0 Å². The van der Waals surface area contributed by atoms with E-state index in [9.17, 15) is 9.18 Å². The van der Waals surface area contributed by atoms with E-state index in [1.807, 2.05) is 24.3 Å². The standard InChI is InChI=1S/C16H18FN3O/c1-3-4-11-5-7-13(8-6-11)20-16(21)14-9-12(17)10-19-15(14)18-2/h5-10H,3-4H2,1-2H3,(H,18,19)(H,20,21). The summed E-state index contributed by atoms with van der Waals surface area (Å²) in [5.41, 5.74) is 2.07. The minimum atomic E-state index is -0.544. The Morgan fingerprint density at radius 3 is 2.62 bits per heavy atom. The molecule has 0 unspecified atom stereocenters. The van der Waals surface area contributed by atoms with Crippen LogP contribution in [0.25, 0.3) is 0 Å². The number of aryl methyl sites for hydroxylation is 1. The third-order valence-electron chi connectivity index (χ3n) is 3.09. The summed E-state index contributed by atoms with van der Waals surface area (Å²) in [6.07, 6.45) is 3.15. The van der Waals surface area contributed by atoms with Gasteiger partial charge in [0, 0.05) is 12.7 Å². The minimum Gasteiger partial charge on any atom is -0.372 e. The SMILES string of the molecule is CCCc1ccc(NC(=O)c2cc(F)cnc2NC)cc1. The van der Waals surface area contributed by atoms with Gasteiger partial charge in [0.1, 0.15) is 11.6 Å². The lowest BCUT2D eigenvalue weighted by Crippen LogP contribution is -2.15. The first-order chi connectivity index (χ1) is 10.1. The lowest BCUT2D eigenvalue weighted by Gasteiger charge is -2.09. The first-order valence-corrected chi connectivity index (χ1v) is 6.87. The first kappa shape index (κ1) is 15.0. The van der Waals surface area contributed by atoms with Gasteiger partial charge in [0.2, 0.25) is 0 Å². The number of hydrogen-bond donors (Lipinski definition) is 2. The van der Waals surface area contributed by atoms with Gasteiger partial charge in [-0.25, -0.2) is 9.37 Å². The van der Waals surface area contributed by atoms with Gasteiger partial charge in [0.05, 0.1) is 11.8 Å². The van der Waals surface area contributed by atoms with Gasteiger partial charge in [-0.2, -0.15) is 0 Å². The Kier molecular flexibility index (Phi) is 4.87. The fourth-order valence-corrected chi connectivity index (χ4v) is 2.05. The van der Waals surface area contributed by atoms with Crippen molar-refractivity contribution < 1.29 is 9.18 Å². The number of benzene rings is 1. The number of rotatable bonds is 5. The number of carbonyl (C=O) groups excluding carboxylic acids is 1. The monoisotopic (exact) mass is 287 g/mol. The second-order valence-electron chi connectivity index (χ2n) is 4.70. The summed E-state index contributed by atoms with van der Waals surface area (Å²) in [5, 5.41) is 5.52. The molecular weight excluding hydrogens is 269 g/mol. The van der Waals surface area contributed by atoms with Crippen LogP contribution >= 0.6 is 0 Å². The molecule has 0 bridgehead atoms. The van der Waals surface area contributed by atoms with Gasteiger partial charge in [0.15, 0.2) is 0 Å². The molecule has 0 aliphatic heterocycles. The quantitative estimate of drug-likeness (QED) is 0.885. The highest BCUT2D eigenvalue weighted by Crippen LogP contribution is 2.17. The van der Waals surface area contributed by atoms with Crippen LogP contribution in [0.5, 0.6) is 0 Å². The van der Waals surface area contributed by atoms with Crippen molar-refractivity contribution >= 4 is 17.4 Å². The second-order valence-corrected chi connectivity index (χ2v) is 4.70. The summed E-state index contributed by atoms with van der Waals surface area (Å²) in [4.78, 5) is 16.0. The zero-order valence-electron chi connectivity index (χ0n) is 12.1. The average molecular weight is 287 g/mol. The van der Waals surface area contributed by atoms with Gasteiger partial charge in [-0.1, -0.05) is 25.5 Å². The minimum absolute atomic E-state index is 0.176. The van der Waals surface area contributed by atoms with Crippen LogP contribution in [0.4, 0.5) is 15.9 Å². The molecule has 1 aromatic heterocycles. The molecule has 21 heavy (non-hydrogen) atoms. The Bertz CT molecular complexity index is 626. The molecule has 2 rings (SSSR count). The zero-order chi connectivity index (χ0) is 15.2. The van der Waals surface area contributed by atoms with Crippen molar-refractivity contribution in [3.8, 4) is 0 Å². The van der Waals surface area contributed by atoms with Gasteiger partial charge in [-0.15, -0.1) is 0 Å². The third-order valence-corrected chi connectivity index (χ3v) is 3.09. The van der Waals surface area contributed by atoms with Gasteiger partial charge in [-0.3, -0.25) is 4.79 Å². The molecule has 0 saturated heterocycles. The van der Waals surface area contributed by atoms with E-state index in [1.165, 1.54) is 11.6 Å². The van der Waals surface area contributed by atoms with Gasteiger partial charge in [0.25, 0.3) is 5.91 Å². The first-order valence-electron chi connectivity index (χ1n) is 6.87. The van der Waals surface area contributed by atoms with Crippen molar-refractivity contribution in [2.24, 2.45) is 0 Å². The van der Waals surface area contributed by atoms with Crippen LogP contribution in [0.3, 0.4) is 0 Å². The number of carbonyl (C=O) groups is 1. The molecule has 0 fully saturated rings. The van der Waals surface area contributed by atoms with E-state index in [4.69, 9.17) is 0 Å². The lowest BCUT2D eigenvalue weighted by molar-refractivity contribution is 0.102.